The fourth-order valence-corrected chi connectivity index (χ4v) is 2.38. The first-order valence-electron chi connectivity index (χ1n) is 7.03. The molecule has 1 aliphatic heterocycles. The smallest absolute Gasteiger partial charge is 0.225 e. The second-order valence-electron chi connectivity index (χ2n) is 5.17. The summed E-state index contributed by atoms with van der Waals surface area (Å²) in [6, 6.07) is 5.84. The van der Waals surface area contributed by atoms with Crippen LogP contribution < -0.4 is 5.32 Å². The molecule has 0 saturated carbocycles. The molecule has 6 nitrogen and oxygen atoms in total. The molecule has 1 atom stereocenters. The van der Waals surface area contributed by atoms with Crippen LogP contribution in [0.5, 0.6) is 0 Å². The molecule has 2 aromatic rings. The van der Waals surface area contributed by atoms with Crippen LogP contribution in [0, 0.1) is 5.92 Å². The van der Waals surface area contributed by atoms with Gasteiger partial charge in [-0.05, 0) is 24.1 Å². The third-order valence-electron chi connectivity index (χ3n) is 3.68. The zero-order valence-corrected chi connectivity index (χ0v) is 12.0. The summed E-state index contributed by atoms with van der Waals surface area (Å²) in [5.41, 5.74) is 2.82. The van der Waals surface area contributed by atoms with Crippen LogP contribution in [-0.2, 0) is 23.1 Å². The van der Waals surface area contributed by atoms with Gasteiger partial charge in [-0.1, -0.05) is 6.07 Å². The lowest BCUT2D eigenvalue weighted by Crippen LogP contribution is -2.30. The van der Waals surface area contributed by atoms with Crippen molar-refractivity contribution in [3.05, 3.63) is 36.2 Å². The summed E-state index contributed by atoms with van der Waals surface area (Å²) in [5, 5.41) is 7.06. The van der Waals surface area contributed by atoms with E-state index in [4.69, 9.17) is 4.74 Å². The van der Waals surface area contributed by atoms with Gasteiger partial charge in [0, 0.05) is 32.6 Å². The van der Waals surface area contributed by atoms with Crippen molar-refractivity contribution in [1.82, 2.24) is 20.1 Å². The number of carbonyl (C=O) groups is 1. The van der Waals surface area contributed by atoms with Gasteiger partial charge < -0.3 is 10.1 Å². The Morgan fingerprint density at radius 2 is 2.38 bits per heavy atom. The Kier molecular flexibility index (Phi) is 3.96. The first-order valence-corrected chi connectivity index (χ1v) is 7.03. The molecule has 110 valence electrons. The first-order chi connectivity index (χ1) is 10.2. The minimum atomic E-state index is -0.00771. The molecule has 3 rings (SSSR count). The van der Waals surface area contributed by atoms with Crippen LogP contribution in [-0.4, -0.2) is 33.9 Å². The van der Waals surface area contributed by atoms with Gasteiger partial charge in [-0.25, -0.2) is 0 Å². The maximum atomic E-state index is 11.9. The number of aromatic nitrogens is 3. The molecule has 0 unspecified atom stereocenters. The molecule has 1 amide bonds. The number of carbonyl (C=O) groups excluding carboxylic acids is 1. The molecule has 0 aromatic carbocycles. The van der Waals surface area contributed by atoms with Gasteiger partial charge in [0.1, 0.15) is 0 Å². The molecule has 1 saturated heterocycles. The molecule has 0 bridgehead atoms. The van der Waals surface area contributed by atoms with E-state index in [9.17, 15) is 4.79 Å². The number of rotatable bonds is 4. The summed E-state index contributed by atoms with van der Waals surface area (Å²) in [4.78, 5) is 16.3. The van der Waals surface area contributed by atoms with E-state index < -0.39 is 0 Å². The number of pyridine rings is 1. The average Bonchev–Trinajstić information content (AvgIpc) is 3.17. The number of nitrogens with zero attached hydrogens (tertiary/aromatic N) is 3. The number of aryl methyl sites for hydroxylation is 1. The number of ether oxygens (including phenoxy) is 1. The van der Waals surface area contributed by atoms with Crippen LogP contribution in [0.4, 0.5) is 0 Å². The summed E-state index contributed by atoms with van der Waals surface area (Å²) < 4.78 is 7.00. The Labute approximate surface area is 123 Å². The highest BCUT2D eigenvalue weighted by Crippen LogP contribution is 2.16. The van der Waals surface area contributed by atoms with Crippen LogP contribution in [0.3, 0.4) is 0 Å². The zero-order chi connectivity index (χ0) is 14.7. The number of hydrogen-bond donors (Lipinski definition) is 1. The summed E-state index contributed by atoms with van der Waals surface area (Å²) in [6.45, 7) is 1.70. The molecule has 2 aromatic heterocycles. The topological polar surface area (TPSA) is 69.0 Å². The van der Waals surface area contributed by atoms with Crippen LogP contribution in [0.25, 0.3) is 11.4 Å². The minimum Gasteiger partial charge on any atom is -0.381 e. The quantitative estimate of drug-likeness (QED) is 0.915. The van der Waals surface area contributed by atoms with Gasteiger partial charge >= 0.3 is 0 Å². The summed E-state index contributed by atoms with van der Waals surface area (Å²) in [5.74, 6) is 0.0508. The zero-order valence-electron chi connectivity index (χ0n) is 12.0. The molecule has 1 aliphatic rings. The molecular weight excluding hydrogens is 268 g/mol. The monoisotopic (exact) mass is 286 g/mol. The highest BCUT2D eigenvalue weighted by atomic mass is 16.5. The Balaban J connectivity index is 1.60. The van der Waals surface area contributed by atoms with Gasteiger partial charge in [-0.3, -0.25) is 14.5 Å². The summed E-state index contributed by atoms with van der Waals surface area (Å²) in [7, 11) is 1.88. The second kappa shape index (κ2) is 6.05. The third kappa shape index (κ3) is 3.11. The van der Waals surface area contributed by atoms with Crippen molar-refractivity contribution in [3.63, 3.8) is 0 Å². The van der Waals surface area contributed by atoms with Crippen LogP contribution in [0.15, 0.2) is 30.6 Å². The number of nitrogens with one attached hydrogen (secondary N) is 1. The van der Waals surface area contributed by atoms with E-state index in [-0.39, 0.29) is 11.8 Å². The number of amides is 1. The van der Waals surface area contributed by atoms with Gasteiger partial charge in [-0.15, -0.1) is 0 Å². The largest absolute Gasteiger partial charge is 0.381 e. The van der Waals surface area contributed by atoms with Crippen molar-refractivity contribution in [3.8, 4) is 11.4 Å². The van der Waals surface area contributed by atoms with Crippen molar-refractivity contribution in [2.75, 3.05) is 13.2 Å². The maximum Gasteiger partial charge on any atom is 0.225 e. The van der Waals surface area contributed by atoms with Crippen molar-refractivity contribution >= 4 is 5.91 Å². The lowest BCUT2D eigenvalue weighted by molar-refractivity contribution is -0.125. The van der Waals surface area contributed by atoms with Gasteiger partial charge in [0.15, 0.2) is 0 Å². The fraction of sp³-hybridized carbons (Fsp3) is 0.400. The molecule has 6 heteroatoms. The standard InChI is InChI=1S/C15H18N4O2/c1-19-14(4-6-18-19)13-3-2-11(8-16-13)9-17-15(20)12-5-7-21-10-12/h2-4,6,8,12H,5,7,9-10H2,1H3,(H,17,20)/t12-/m0/s1. The van der Waals surface area contributed by atoms with E-state index in [0.29, 0.717) is 19.8 Å². The first kappa shape index (κ1) is 13.8. The van der Waals surface area contributed by atoms with Gasteiger partial charge in [0.05, 0.1) is 23.9 Å². The molecule has 0 aliphatic carbocycles. The normalized spacial score (nSPS) is 17.9. The van der Waals surface area contributed by atoms with E-state index in [1.165, 1.54) is 0 Å². The Morgan fingerprint density at radius 3 is 3.00 bits per heavy atom. The van der Waals surface area contributed by atoms with Crippen molar-refractivity contribution < 1.29 is 9.53 Å². The van der Waals surface area contributed by atoms with Crippen LogP contribution >= 0.6 is 0 Å². The molecule has 0 radical (unpaired) electrons. The molecule has 1 fully saturated rings. The van der Waals surface area contributed by atoms with Crippen LogP contribution in [0.2, 0.25) is 0 Å². The molecule has 21 heavy (non-hydrogen) atoms. The highest BCUT2D eigenvalue weighted by Gasteiger charge is 2.22. The van der Waals surface area contributed by atoms with Crippen molar-refractivity contribution in [2.24, 2.45) is 13.0 Å². The predicted molar refractivity (Wildman–Crippen MR) is 77.2 cm³/mol. The Morgan fingerprint density at radius 1 is 1.48 bits per heavy atom. The highest BCUT2D eigenvalue weighted by molar-refractivity contribution is 5.78. The predicted octanol–water partition coefficient (Wildman–Crippen LogP) is 1.13. The van der Waals surface area contributed by atoms with E-state index in [1.807, 2.05) is 25.2 Å². The van der Waals surface area contributed by atoms with Gasteiger partial charge in [0.25, 0.3) is 0 Å². The molecule has 0 spiro atoms. The lowest BCUT2D eigenvalue weighted by atomic mass is 10.1. The van der Waals surface area contributed by atoms with Gasteiger partial charge in [0.2, 0.25) is 5.91 Å². The molecule has 1 N–H and O–H groups in total. The number of hydrogen-bond acceptors (Lipinski definition) is 4. The SMILES string of the molecule is Cn1nccc1-c1ccc(CNC(=O)[C@H]2CCOC2)cn1. The van der Waals surface area contributed by atoms with E-state index in [0.717, 1.165) is 23.4 Å². The van der Waals surface area contributed by atoms with E-state index >= 15 is 0 Å². The summed E-state index contributed by atoms with van der Waals surface area (Å²) >= 11 is 0. The Hall–Kier alpha value is -2.21. The van der Waals surface area contributed by atoms with E-state index in [1.54, 1.807) is 17.1 Å². The van der Waals surface area contributed by atoms with Crippen LogP contribution in [0.1, 0.15) is 12.0 Å². The lowest BCUT2D eigenvalue weighted by Gasteiger charge is -2.09. The second-order valence-corrected chi connectivity index (χ2v) is 5.17. The average molecular weight is 286 g/mol. The van der Waals surface area contributed by atoms with E-state index in [2.05, 4.69) is 15.4 Å². The fourth-order valence-electron chi connectivity index (χ4n) is 2.38. The third-order valence-corrected chi connectivity index (χ3v) is 3.68. The maximum absolute atomic E-state index is 11.9. The Bertz CT molecular complexity index is 615. The van der Waals surface area contributed by atoms with Crippen molar-refractivity contribution in [2.45, 2.75) is 13.0 Å². The summed E-state index contributed by atoms with van der Waals surface area (Å²) in [6.07, 6.45) is 4.34. The molecule has 3 heterocycles. The van der Waals surface area contributed by atoms with Gasteiger partial charge in [-0.2, -0.15) is 5.10 Å². The minimum absolute atomic E-state index is 0.00771. The van der Waals surface area contributed by atoms with Crippen molar-refractivity contribution in [1.29, 1.82) is 0 Å². The molecular formula is C15H18N4O2.